The zero-order valence-electron chi connectivity index (χ0n) is 21.0. The van der Waals surface area contributed by atoms with Crippen molar-refractivity contribution >= 4 is 34.3 Å². The Labute approximate surface area is 222 Å². The number of hydrogen-bond donors (Lipinski definition) is 0. The van der Waals surface area contributed by atoms with Crippen molar-refractivity contribution in [1.29, 1.82) is 0 Å². The van der Waals surface area contributed by atoms with E-state index < -0.39 is 0 Å². The first-order chi connectivity index (χ1) is 18.5. The van der Waals surface area contributed by atoms with Gasteiger partial charge in [0.05, 0.1) is 42.4 Å². The lowest BCUT2D eigenvalue weighted by molar-refractivity contribution is 0.411. The van der Waals surface area contributed by atoms with E-state index in [-0.39, 0.29) is 10.3 Å². The van der Waals surface area contributed by atoms with Crippen LogP contribution in [0.15, 0.2) is 89.7 Å². The molecule has 6 aromatic rings. The number of aromatic nitrogens is 5. The van der Waals surface area contributed by atoms with Gasteiger partial charge in [-0.15, -0.1) is 0 Å². The summed E-state index contributed by atoms with van der Waals surface area (Å²) in [6.07, 6.45) is 0. The Hall–Kier alpha value is -4.76. The van der Waals surface area contributed by atoms with Gasteiger partial charge in [0, 0.05) is 5.39 Å². The van der Waals surface area contributed by atoms with E-state index in [1.807, 2.05) is 79.7 Å². The lowest BCUT2D eigenvalue weighted by Gasteiger charge is -2.18. The van der Waals surface area contributed by atoms with Gasteiger partial charge >= 0.3 is 0 Å². The predicted molar refractivity (Wildman–Crippen MR) is 150 cm³/mol. The first kappa shape index (κ1) is 23.6. The summed E-state index contributed by atoms with van der Waals surface area (Å²) < 4.78 is 16.5. The molecule has 38 heavy (non-hydrogen) atoms. The monoisotopic (exact) mass is 521 g/mol. The van der Waals surface area contributed by atoms with Gasteiger partial charge < -0.3 is 9.47 Å². The van der Waals surface area contributed by atoms with E-state index in [1.165, 1.54) is 4.57 Å². The summed E-state index contributed by atoms with van der Waals surface area (Å²) in [5, 5.41) is 5.90. The van der Waals surface area contributed by atoms with E-state index in [1.54, 1.807) is 35.6 Å². The number of ether oxygens (including phenoxy) is 2. The molecule has 0 spiro atoms. The van der Waals surface area contributed by atoms with Crippen LogP contribution < -0.4 is 15.0 Å². The molecule has 0 aliphatic carbocycles. The van der Waals surface area contributed by atoms with Crippen molar-refractivity contribution in [2.24, 2.45) is 0 Å². The van der Waals surface area contributed by atoms with Gasteiger partial charge in [0.1, 0.15) is 11.5 Å². The second-order valence-corrected chi connectivity index (χ2v) is 9.03. The number of hydrogen-bond acceptors (Lipinski definition) is 6. The average Bonchev–Trinajstić information content (AvgIpc) is 3.28. The van der Waals surface area contributed by atoms with Crippen LogP contribution in [-0.2, 0) is 0 Å². The number of pyridine rings is 1. The maximum absolute atomic E-state index is 14.1. The molecule has 3 heterocycles. The molecule has 3 aromatic heterocycles. The molecule has 3 aromatic carbocycles. The molecule has 0 aliphatic rings. The molecule has 0 radical (unpaired) electrons. The fourth-order valence-electron chi connectivity index (χ4n) is 4.71. The Morgan fingerprint density at radius 1 is 0.737 bits per heavy atom. The third-order valence-electron chi connectivity index (χ3n) is 6.50. The molecule has 6 rings (SSSR count). The van der Waals surface area contributed by atoms with E-state index in [9.17, 15) is 4.79 Å². The summed E-state index contributed by atoms with van der Waals surface area (Å²) in [4.78, 5) is 19.1. The van der Waals surface area contributed by atoms with E-state index in [0.717, 1.165) is 16.8 Å². The van der Waals surface area contributed by atoms with Gasteiger partial charge in [-0.05, 0) is 61.6 Å². The molecule has 0 amide bonds. The molecule has 0 N–H and O–H groups in total. The summed E-state index contributed by atoms with van der Waals surface area (Å²) >= 11 is 5.99. The second-order valence-electron chi connectivity index (χ2n) is 8.67. The minimum absolute atomic E-state index is 0.228. The highest BCUT2D eigenvalue weighted by atomic mass is 32.1. The van der Waals surface area contributed by atoms with Gasteiger partial charge in [-0.25, -0.2) is 14.2 Å². The predicted octanol–water partition coefficient (Wildman–Crippen LogP) is 5.57. The maximum Gasteiger partial charge on any atom is 0.268 e. The molecule has 188 valence electrons. The Kier molecular flexibility index (Phi) is 5.77. The highest BCUT2D eigenvalue weighted by Gasteiger charge is 2.22. The van der Waals surface area contributed by atoms with Gasteiger partial charge in [0.15, 0.2) is 16.1 Å². The summed E-state index contributed by atoms with van der Waals surface area (Å²) in [5.41, 5.74) is 3.53. The zero-order chi connectivity index (χ0) is 26.4. The third kappa shape index (κ3) is 3.59. The summed E-state index contributed by atoms with van der Waals surface area (Å²) in [6.45, 7) is 1.91. The normalized spacial score (nSPS) is 11.2. The fourth-order valence-corrected chi connectivity index (χ4v) is 5.07. The van der Waals surface area contributed by atoms with Crippen LogP contribution in [0.2, 0.25) is 0 Å². The van der Waals surface area contributed by atoms with Crippen molar-refractivity contribution < 1.29 is 9.47 Å². The van der Waals surface area contributed by atoms with E-state index in [0.29, 0.717) is 39.6 Å². The highest BCUT2D eigenvalue weighted by molar-refractivity contribution is 7.71. The standard InChI is InChI=1S/C29H23N5O3S/c1-18-20-17-21-26(30-27(20)34(31-18)19-11-5-4-6-12-19)32(22-13-7-9-15-24(22)36-2)29(38)33(28(21)35)23-14-8-10-16-25(23)37-3/h4-17H,1-3H3. The summed E-state index contributed by atoms with van der Waals surface area (Å²) in [6, 6.07) is 26.4. The van der Waals surface area contributed by atoms with Crippen LogP contribution in [0.4, 0.5) is 0 Å². The largest absolute Gasteiger partial charge is 0.495 e. The Morgan fingerprint density at radius 2 is 1.32 bits per heavy atom. The zero-order valence-corrected chi connectivity index (χ0v) is 21.8. The van der Waals surface area contributed by atoms with Crippen molar-refractivity contribution in [1.82, 2.24) is 23.9 Å². The maximum atomic E-state index is 14.1. The minimum atomic E-state index is -0.304. The SMILES string of the molecule is COc1ccccc1-n1c(=O)c2cc3c(C)nn(-c4ccccc4)c3nc2n(-c2ccccc2OC)c1=S. The van der Waals surface area contributed by atoms with E-state index in [4.69, 9.17) is 31.8 Å². The minimum Gasteiger partial charge on any atom is -0.495 e. The molecule has 9 heteroatoms. The van der Waals surface area contributed by atoms with Crippen molar-refractivity contribution in [3.63, 3.8) is 0 Å². The Bertz CT molecular complexity index is 1960. The first-order valence-corrected chi connectivity index (χ1v) is 12.3. The van der Waals surface area contributed by atoms with E-state index >= 15 is 0 Å². The molecular weight excluding hydrogens is 498 g/mol. The lowest BCUT2D eigenvalue weighted by Crippen LogP contribution is -2.25. The molecule has 0 fully saturated rings. The number of aryl methyl sites for hydroxylation is 1. The van der Waals surface area contributed by atoms with Crippen LogP contribution >= 0.6 is 12.2 Å². The van der Waals surface area contributed by atoms with Crippen LogP contribution in [0, 0.1) is 11.7 Å². The molecule has 0 saturated heterocycles. The molecule has 0 bridgehead atoms. The van der Waals surface area contributed by atoms with Gasteiger partial charge in [0.2, 0.25) is 0 Å². The van der Waals surface area contributed by atoms with Crippen molar-refractivity contribution in [3.05, 3.63) is 106 Å². The summed E-state index contributed by atoms with van der Waals surface area (Å²) in [5.74, 6) is 1.11. The van der Waals surface area contributed by atoms with Crippen LogP contribution in [0.3, 0.4) is 0 Å². The van der Waals surface area contributed by atoms with Crippen molar-refractivity contribution in [2.45, 2.75) is 6.92 Å². The Morgan fingerprint density at radius 3 is 1.95 bits per heavy atom. The van der Waals surface area contributed by atoms with Gasteiger partial charge in [-0.3, -0.25) is 9.36 Å². The smallest absolute Gasteiger partial charge is 0.268 e. The third-order valence-corrected chi connectivity index (χ3v) is 6.87. The molecule has 8 nitrogen and oxygen atoms in total. The first-order valence-electron chi connectivity index (χ1n) is 11.9. The molecule has 0 aliphatic heterocycles. The van der Waals surface area contributed by atoms with Crippen LogP contribution in [0.1, 0.15) is 5.69 Å². The van der Waals surface area contributed by atoms with Crippen LogP contribution in [0.25, 0.3) is 39.1 Å². The molecule has 0 atom stereocenters. The Balaban J connectivity index is 1.82. The van der Waals surface area contributed by atoms with E-state index in [2.05, 4.69) is 0 Å². The highest BCUT2D eigenvalue weighted by Crippen LogP contribution is 2.30. The van der Waals surface area contributed by atoms with Gasteiger partial charge in [-0.1, -0.05) is 42.5 Å². The second kappa shape index (κ2) is 9.28. The average molecular weight is 522 g/mol. The fraction of sp³-hybridized carbons (Fsp3) is 0.103. The van der Waals surface area contributed by atoms with Crippen LogP contribution in [0.5, 0.6) is 11.5 Å². The number of nitrogens with zero attached hydrogens (tertiary/aromatic N) is 5. The molecule has 0 saturated carbocycles. The molecular formula is C29H23N5O3S. The van der Waals surface area contributed by atoms with Gasteiger partial charge in [0.25, 0.3) is 5.56 Å². The summed E-state index contributed by atoms with van der Waals surface area (Å²) in [7, 11) is 3.16. The van der Waals surface area contributed by atoms with Crippen LogP contribution in [-0.4, -0.2) is 38.1 Å². The topological polar surface area (TPSA) is 76.1 Å². The number of rotatable bonds is 5. The van der Waals surface area contributed by atoms with Crippen molar-refractivity contribution in [2.75, 3.05) is 14.2 Å². The quantitative estimate of drug-likeness (QED) is 0.276. The van der Waals surface area contributed by atoms with Gasteiger partial charge in [-0.2, -0.15) is 5.10 Å². The number of fused-ring (bicyclic) bond motifs is 2. The van der Waals surface area contributed by atoms with Crippen molar-refractivity contribution in [3.8, 4) is 28.6 Å². The molecule has 0 unspecified atom stereocenters. The number of para-hydroxylation sites is 5. The number of methoxy groups -OCH3 is 2. The number of benzene rings is 3. The lowest BCUT2D eigenvalue weighted by atomic mass is 10.2.